The van der Waals surface area contributed by atoms with E-state index in [1.165, 1.54) is 29.5 Å². The second-order valence-corrected chi connectivity index (χ2v) is 10.8. The van der Waals surface area contributed by atoms with Gasteiger partial charge in [0.2, 0.25) is 0 Å². The fraction of sp³-hybridized carbons (Fsp3) is 0.182. The summed E-state index contributed by atoms with van der Waals surface area (Å²) < 4.78 is 15.4. The van der Waals surface area contributed by atoms with Gasteiger partial charge in [0, 0.05) is 23.5 Å². The molecule has 0 radical (unpaired) electrons. The van der Waals surface area contributed by atoms with Crippen molar-refractivity contribution in [3.05, 3.63) is 137 Å². The number of rotatable bonds is 10. The Hall–Kier alpha value is -4.43. The lowest BCUT2D eigenvalue weighted by Crippen LogP contribution is -2.35. The third-order valence-corrected chi connectivity index (χ3v) is 7.75. The molecular formula is C33H32FN5OS. The normalized spacial score (nSPS) is 11.7. The van der Waals surface area contributed by atoms with Crippen LogP contribution in [0.1, 0.15) is 41.0 Å². The molecule has 41 heavy (non-hydrogen) atoms. The maximum absolute atomic E-state index is 13.4. The third kappa shape index (κ3) is 7.41. The minimum atomic E-state index is -0.471. The lowest BCUT2D eigenvalue weighted by atomic mass is 10.1. The van der Waals surface area contributed by atoms with Crippen LogP contribution < -0.4 is 10.6 Å². The van der Waals surface area contributed by atoms with Crippen molar-refractivity contribution in [2.75, 3.05) is 5.32 Å². The van der Waals surface area contributed by atoms with Crippen LogP contribution in [0.15, 0.2) is 108 Å². The summed E-state index contributed by atoms with van der Waals surface area (Å²) in [5.74, 6) is 0.948. The molecule has 6 nitrogen and oxygen atoms in total. The summed E-state index contributed by atoms with van der Waals surface area (Å²) in [6.07, 6.45) is 1.46. The molecule has 0 fully saturated rings. The lowest BCUT2D eigenvalue weighted by Gasteiger charge is -2.21. The molecule has 5 rings (SSSR count). The summed E-state index contributed by atoms with van der Waals surface area (Å²) in [6, 6.07) is 31.6. The van der Waals surface area contributed by atoms with E-state index in [2.05, 4.69) is 27.8 Å². The van der Waals surface area contributed by atoms with Gasteiger partial charge < -0.3 is 10.6 Å². The Morgan fingerprint density at radius 2 is 1.54 bits per heavy atom. The van der Waals surface area contributed by atoms with Gasteiger partial charge in [-0.2, -0.15) is 0 Å². The van der Waals surface area contributed by atoms with Crippen LogP contribution in [0.4, 0.5) is 14.9 Å². The van der Waals surface area contributed by atoms with Crippen LogP contribution in [0.2, 0.25) is 0 Å². The van der Waals surface area contributed by atoms with Crippen LogP contribution in [-0.2, 0) is 18.6 Å². The number of benzene rings is 4. The molecule has 208 valence electrons. The summed E-state index contributed by atoms with van der Waals surface area (Å²) in [5, 5.41) is 16.0. The maximum atomic E-state index is 13.4. The Morgan fingerprint density at radius 3 is 2.22 bits per heavy atom. The van der Waals surface area contributed by atoms with E-state index < -0.39 is 6.04 Å². The molecule has 8 heteroatoms. The first-order chi connectivity index (χ1) is 20.0. The number of urea groups is 1. The first-order valence-corrected chi connectivity index (χ1v) is 14.6. The van der Waals surface area contributed by atoms with Crippen LogP contribution in [-0.4, -0.2) is 20.8 Å². The highest BCUT2D eigenvalue weighted by atomic mass is 32.2. The molecule has 0 saturated carbocycles. The van der Waals surface area contributed by atoms with Crippen LogP contribution in [0, 0.1) is 12.7 Å². The highest BCUT2D eigenvalue weighted by Crippen LogP contribution is 2.29. The van der Waals surface area contributed by atoms with Gasteiger partial charge in [0.15, 0.2) is 11.0 Å². The standard InChI is InChI=1S/C33H32FN5OS/c1-3-24-13-17-28(18-14-24)35-32(40)36-30(21-25-7-5-4-6-8-25)31-37-38-33(39(31)29-19-9-23(2)10-20-29)41-22-26-11-15-27(34)16-12-26/h4-20,30H,3,21-22H2,1-2H3,(H2,35,36,40). The monoisotopic (exact) mass is 565 g/mol. The zero-order chi connectivity index (χ0) is 28.6. The third-order valence-electron chi connectivity index (χ3n) is 6.75. The van der Waals surface area contributed by atoms with Gasteiger partial charge in [-0.15, -0.1) is 10.2 Å². The van der Waals surface area contributed by atoms with Gasteiger partial charge in [0.25, 0.3) is 0 Å². The van der Waals surface area contributed by atoms with Crippen molar-refractivity contribution in [1.29, 1.82) is 0 Å². The molecule has 4 aromatic carbocycles. The van der Waals surface area contributed by atoms with Gasteiger partial charge in [-0.1, -0.05) is 91.0 Å². The number of aromatic nitrogens is 3. The SMILES string of the molecule is CCc1ccc(NC(=O)NC(Cc2ccccc2)c2nnc(SCc3ccc(F)cc3)n2-c2ccc(C)cc2)cc1. The molecule has 2 amide bonds. The van der Waals surface area contributed by atoms with Gasteiger partial charge in [0.1, 0.15) is 5.82 Å². The Balaban J connectivity index is 1.47. The van der Waals surface area contributed by atoms with E-state index in [-0.39, 0.29) is 11.8 Å². The zero-order valence-corrected chi connectivity index (χ0v) is 23.9. The summed E-state index contributed by atoms with van der Waals surface area (Å²) in [4.78, 5) is 13.3. The molecule has 0 spiro atoms. The average molecular weight is 566 g/mol. The van der Waals surface area contributed by atoms with Gasteiger partial charge in [0.05, 0.1) is 6.04 Å². The van der Waals surface area contributed by atoms with E-state index in [1.807, 2.05) is 90.4 Å². The molecule has 1 aromatic heterocycles. The second kappa shape index (κ2) is 13.3. The van der Waals surface area contributed by atoms with Crippen molar-refractivity contribution in [2.45, 2.75) is 43.6 Å². The van der Waals surface area contributed by atoms with Gasteiger partial charge >= 0.3 is 6.03 Å². The van der Waals surface area contributed by atoms with Crippen LogP contribution >= 0.6 is 11.8 Å². The number of nitrogens with one attached hydrogen (secondary N) is 2. The number of anilines is 1. The minimum Gasteiger partial charge on any atom is -0.327 e. The number of hydrogen-bond acceptors (Lipinski definition) is 4. The topological polar surface area (TPSA) is 71.8 Å². The molecule has 2 N–H and O–H groups in total. The largest absolute Gasteiger partial charge is 0.327 e. The van der Waals surface area contributed by atoms with Crippen LogP contribution in [0.5, 0.6) is 0 Å². The molecule has 0 aliphatic carbocycles. The molecule has 1 heterocycles. The Morgan fingerprint density at radius 1 is 0.854 bits per heavy atom. The number of carbonyl (C=O) groups excluding carboxylic acids is 1. The molecule has 0 aliphatic heterocycles. The van der Waals surface area contributed by atoms with Crippen molar-refractivity contribution in [2.24, 2.45) is 0 Å². The molecule has 0 bridgehead atoms. The maximum Gasteiger partial charge on any atom is 0.319 e. The van der Waals surface area contributed by atoms with E-state index in [9.17, 15) is 9.18 Å². The number of carbonyl (C=O) groups is 1. The average Bonchev–Trinajstić information content (AvgIpc) is 3.42. The van der Waals surface area contributed by atoms with Gasteiger partial charge in [-0.05, 0) is 66.4 Å². The predicted octanol–water partition coefficient (Wildman–Crippen LogP) is 7.68. The second-order valence-electron chi connectivity index (χ2n) is 9.82. The van der Waals surface area contributed by atoms with Gasteiger partial charge in [-0.3, -0.25) is 4.57 Å². The number of halogens is 1. The predicted molar refractivity (Wildman–Crippen MR) is 163 cm³/mol. The smallest absolute Gasteiger partial charge is 0.319 e. The minimum absolute atomic E-state index is 0.265. The highest BCUT2D eigenvalue weighted by molar-refractivity contribution is 7.98. The van der Waals surface area contributed by atoms with Crippen LogP contribution in [0.25, 0.3) is 5.69 Å². The summed E-state index contributed by atoms with van der Waals surface area (Å²) in [7, 11) is 0. The summed E-state index contributed by atoms with van der Waals surface area (Å²) in [5.41, 5.74) is 5.99. The quantitative estimate of drug-likeness (QED) is 0.170. The molecular weight excluding hydrogens is 533 g/mol. The number of aryl methyl sites for hydroxylation is 2. The fourth-order valence-corrected chi connectivity index (χ4v) is 5.39. The van der Waals surface area contributed by atoms with E-state index in [0.29, 0.717) is 28.8 Å². The summed E-state index contributed by atoms with van der Waals surface area (Å²) >= 11 is 1.51. The van der Waals surface area contributed by atoms with E-state index in [1.54, 1.807) is 12.1 Å². The number of hydrogen-bond donors (Lipinski definition) is 2. The van der Waals surface area contributed by atoms with E-state index in [0.717, 1.165) is 28.8 Å². The van der Waals surface area contributed by atoms with Crippen molar-refractivity contribution in [3.63, 3.8) is 0 Å². The molecule has 0 saturated heterocycles. The Labute approximate surface area is 244 Å². The number of nitrogens with zero attached hydrogens (tertiary/aromatic N) is 3. The molecule has 1 unspecified atom stereocenters. The molecule has 1 atom stereocenters. The highest BCUT2D eigenvalue weighted by Gasteiger charge is 2.25. The van der Waals surface area contributed by atoms with Gasteiger partial charge in [-0.25, -0.2) is 9.18 Å². The summed E-state index contributed by atoms with van der Waals surface area (Å²) in [6.45, 7) is 4.14. The molecule has 0 aliphatic rings. The number of thioether (sulfide) groups is 1. The van der Waals surface area contributed by atoms with Crippen molar-refractivity contribution < 1.29 is 9.18 Å². The van der Waals surface area contributed by atoms with Crippen molar-refractivity contribution in [1.82, 2.24) is 20.1 Å². The van der Waals surface area contributed by atoms with E-state index >= 15 is 0 Å². The van der Waals surface area contributed by atoms with E-state index in [4.69, 9.17) is 0 Å². The lowest BCUT2D eigenvalue weighted by molar-refractivity contribution is 0.247. The van der Waals surface area contributed by atoms with Crippen LogP contribution in [0.3, 0.4) is 0 Å². The first-order valence-electron chi connectivity index (χ1n) is 13.6. The number of amides is 2. The molecule has 5 aromatic rings. The zero-order valence-electron chi connectivity index (χ0n) is 23.0. The Kier molecular flexibility index (Phi) is 9.11. The fourth-order valence-electron chi connectivity index (χ4n) is 4.47. The van der Waals surface area contributed by atoms with Crippen molar-refractivity contribution >= 4 is 23.5 Å². The Bertz CT molecular complexity index is 1570. The van der Waals surface area contributed by atoms with Crippen molar-refractivity contribution in [3.8, 4) is 5.69 Å². The first kappa shape index (κ1) is 28.1.